The summed E-state index contributed by atoms with van der Waals surface area (Å²) in [7, 11) is 1.64. The molecule has 4 nitrogen and oxygen atoms in total. The molecule has 0 fully saturated rings. The molecule has 1 N–H and O–H groups in total. The first-order valence-electron chi connectivity index (χ1n) is 5.33. The minimum Gasteiger partial charge on any atom is -0.440 e. The van der Waals surface area contributed by atoms with E-state index in [0.29, 0.717) is 12.3 Å². The summed E-state index contributed by atoms with van der Waals surface area (Å²) in [4.78, 5) is 11.7. The van der Waals surface area contributed by atoms with E-state index < -0.39 is 0 Å². The van der Waals surface area contributed by atoms with Crippen LogP contribution in [0.25, 0.3) is 0 Å². The number of hydrogen-bond acceptors (Lipinski definition) is 3. The van der Waals surface area contributed by atoms with Gasteiger partial charge >= 0.3 is 0 Å². The third-order valence-corrected chi connectivity index (χ3v) is 2.52. The molecule has 94 valence electrons. The highest BCUT2D eigenvalue weighted by Gasteiger charge is 2.10. The molecule has 1 aromatic heterocycles. The van der Waals surface area contributed by atoms with Crippen molar-refractivity contribution in [1.82, 2.24) is 0 Å². The molecule has 0 aliphatic rings. The van der Waals surface area contributed by atoms with Crippen molar-refractivity contribution in [2.75, 3.05) is 12.4 Å². The number of hydrogen-bond donors (Lipinski definition) is 1. The highest BCUT2D eigenvalue weighted by molar-refractivity contribution is 6.29. The lowest BCUT2D eigenvalue weighted by molar-refractivity contribution is 0.0997. The molecule has 0 unspecified atom stereocenters. The number of carbonyl (C=O) groups is 1. The molecule has 1 aromatic carbocycles. The topological polar surface area (TPSA) is 51.5 Å². The van der Waals surface area contributed by atoms with E-state index in [4.69, 9.17) is 20.8 Å². The Bertz CT molecular complexity index is 533. The van der Waals surface area contributed by atoms with Crippen LogP contribution < -0.4 is 5.32 Å². The molecular formula is C13H12ClNO3. The number of ether oxygens (including phenoxy) is 1. The number of methoxy groups -OCH3 is 1. The van der Waals surface area contributed by atoms with Crippen LogP contribution >= 0.6 is 11.6 Å². The predicted octanol–water partition coefficient (Wildman–Crippen LogP) is 3.33. The molecule has 0 aliphatic carbocycles. The van der Waals surface area contributed by atoms with Crippen LogP contribution in [0, 0.1) is 0 Å². The minimum absolute atomic E-state index is 0.181. The summed E-state index contributed by atoms with van der Waals surface area (Å²) in [5, 5.41) is 2.90. The van der Waals surface area contributed by atoms with E-state index in [1.165, 1.54) is 12.1 Å². The average molecular weight is 266 g/mol. The van der Waals surface area contributed by atoms with Gasteiger partial charge in [0.1, 0.15) is 0 Å². The van der Waals surface area contributed by atoms with Gasteiger partial charge in [-0.25, -0.2) is 0 Å². The average Bonchev–Trinajstić information content (AvgIpc) is 2.79. The molecule has 0 aliphatic heterocycles. The number of anilines is 1. The molecule has 2 aromatic rings. The fraction of sp³-hybridized carbons (Fsp3) is 0.154. The Kier molecular flexibility index (Phi) is 4.02. The van der Waals surface area contributed by atoms with Crippen molar-refractivity contribution < 1.29 is 13.9 Å². The van der Waals surface area contributed by atoms with Gasteiger partial charge in [0.25, 0.3) is 5.91 Å². The number of carbonyl (C=O) groups excluding carboxylic acids is 1. The molecule has 0 saturated heterocycles. The standard InChI is InChI=1S/C13H12ClNO3/c1-17-8-9-2-4-10(5-3-9)15-13(16)11-6-7-12(14)18-11/h2-7H,8H2,1H3,(H,15,16). The highest BCUT2D eigenvalue weighted by Crippen LogP contribution is 2.16. The van der Waals surface area contributed by atoms with Crippen molar-refractivity contribution in [2.24, 2.45) is 0 Å². The second kappa shape index (κ2) is 5.71. The Morgan fingerprint density at radius 1 is 1.28 bits per heavy atom. The van der Waals surface area contributed by atoms with Gasteiger partial charge < -0.3 is 14.5 Å². The number of amides is 1. The molecule has 1 amide bonds. The Hall–Kier alpha value is -1.78. The molecule has 0 saturated carbocycles. The molecule has 0 radical (unpaired) electrons. The molecule has 1 heterocycles. The maximum absolute atomic E-state index is 11.7. The van der Waals surface area contributed by atoms with Crippen molar-refractivity contribution in [3.63, 3.8) is 0 Å². The molecule has 0 spiro atoms. The van der Waals surface area contributed by atoms with Gasteiger partial charge in [-0.3, -0.25) is 4.79 Å². The number of nitrogens with one attached hydrogen (secondary N) is 1. The largest absolute Gasteiger partial charge is 0.440 e. The molecule has 0 bridgehead atoms. The van der Waals surface area contributed by atoms with Crippen LogP contribution in [0.1, 0.15) is 16.1 Å². The molecule has 5 heteroatoms. The van der Waals surface area contributed by atoms with Gasteiger partial charge in [0, 0.05) is 12.8 Å². The third kappa shape index (κ3) is 3.12. The SMILES string of the molecule is COCc1ccc(NC(=O)c2ccc(Cl)o2)cc1. The molecule has 2 rings (SSSR count). The van der Waals surface area contributed by atoms with Crippen molar-refractivity contribution in [2.45, 2.75) is 6.61 Å². The summed E-state index contributed by atoms with van der Waals surface area (Å²) in [6.45, 7) is 0.544. The third-order valence-electron chi connectivity index (χ3n) is 2.32. The smallest absolute Gasteiger partial charge is 0.291 e. The van der Waals surface area contributed by atoms with Crippen LogP contribution in [-0.4, -0.2) is 13.0 Å². The van der Waals surface area contributed by atoms with Gasteiger partial charge in [0.2, 0.25) is 0 Å². The molecule has 18 heavy (non-hydrogen) atoms. The molecule has 0 atom stereocenters. The summed E-state index contributed by atoms with van der Waals surface area (Å²) in [5.74, 6) is -0.151. The minimum atomic E-state index is -0.332. The Labute approximate surface area is 110 Å². The Morgan fingerprint density at radius 3 is 2.56 bits per heavy atom. The van der Waals surface area contributed by atoms with Crippen molar-refractivity contribution >= 4 is 23.2 Å². The summed E-state index contributed by atoms with van der Waals surface area (Å²) in [6.07, 6.45) is 0. The Balaban J connectivity index is 2.03. The van der Waals surface area contributed by atoms with Crippen LogP contribution in [0.3, 0.4) is 0 Å². The normalized spacial score (nSPS) is 10.3. The quantitative estimate of drug-likeness (QED) is 0.922. The van der Waals surface area contributed by atoms with E-state index in [-0.39, 0.29) is 16.9 Å². The van der Waals surface area contributed by atoms with Gasteiger partial charge in [0.05, 0.1) is 6.61 Å². The number of rotatable bonds is 4. The zero-order valence-electron chi connectivity index (χ0n) is 9.77. The van der Waals surface area contributed by atoms with E-state index in [9.17, 15) is 4.79 Å². The highest BCUT2D eigenvalue weighted by atomic mass is 35.5. The molecular weight excluding hydrogens is 254 g/mol. The first-order valence-corrected chi connectivity index (χ1v) is 5.71. The van der Waals surface area contributed by atoms with Gasteiger partial charge in [0.15, 0.2) is 11.0 Å². The maximum atomic E-state index is 11.7. The Morgan fingerprint density at radius 2 is 2.00 bits per heavy atom. The van der Waals surface area contributed by atoms with E-state index in [2.05, 4.69) is 5.32 Å². The van der Waals surface area contributed by atoms with Crippen LogP contribution in [-0.2, 0) is 11.3 Å². The van der Waals surface area contributed by atoms with E-state index in [0.717, 1.165) is 5.56 Å². The van der Waals surface area contributed by atoms with Crippen LogP contribution in [0.4, 0.5) is 5.69 Å². The van der Waals surface area contributed by atoms with Crippen molar-refractivity contribution in [3.05, 3.63) is 52.9 Å². The van der Waals surface area contributed by atoms with Gasteiger partial charge in [-0.15, -0.1) is 0 Å². The van der Waals surface area contributed by atoms with E-state index in [1.807, 2.05) is 12.1 Å². The van der Waals surface area contributed by atoms with Crippen LogP contribution in [0.5, 0.6) is 0 Å². The van der Waals surface area contributed by atoms with Gasteiger partial charge in [-0.1, -0.05) is 12.1 Å². The number of halogens is 1. The first kappa shape index (κ1) is 12.7. The lowest BCUT2D eigenvalue weighted by Crippen LogP contribution is -2.10. The van der Waals surface area contributed by atoms with Crippen LogP contribution in [0.2, 0.25) is 5.22 Å². The second-order valence-corrected chi connectivity index (χ2v) is 4.06. The summed E-state index contributed by atoms with van der Waals surface area (Å²) in [6, 6.07) is 10.4. The lowest BCUT2D eigenvalue weighted by atomic mass is 10.2. The summed E-state index contributed by atoms with van der Waals surface area (Å²) >= 11 is 5.60. The predicted molar refractivity (Wildman–Crippen MR) is 68.8 cm³/mol. The van der Waals surface area contributed by atoms with Crippen molar-refractivity contribution in [1.29, 1.82) is 0 Å². The van der Waals surface area contributed by atoms with Crippen molar-refractivity contribution in [3.8, 4) is 0 Å². The fourth-order valence-corrected chi connectivity index (χ4v) is 1.63. The summed E-state index contributed by atoms with van der Waals surface area (Å²) < 4.78 is 10.0. The number of benzene rings is 1. The lowest BCUT2D eigenvalue weighted by Gasteiger charge is -2.04. The fourth-order valence-electron chi connectivity index (χ4n) is 1.48. The van der Waals surface area contributed by atoms with E-state index in [1.54, 1.807) is 19.2 Å². The summed E-state index contributed by atoms with van der Waals surface area (Å²) in [5.41, 5.74) is 1.73. The van der Waals surface area contributed by atoms with Crippen LogP contribution in [0.15, 0.2) is 40.8 Å². The van der Waals surface area contributed by atoms with E-state index >= 15 is 0 Å². The van der Waals surface area contributed by atoms with Gasteiger partial charge in [-0.05, 0) is 41.4 Å². The zero-order chi connectivity index (χ0) is 13.0. The second-order valence-electron chi connectivity index (χ2n) is 3.69. The number of furan rings is 1. The monoisotopic (exact) mass is 265 g/mol. The van der Waals surface area contributed by atoms with Gasteiger partial charge in [-0.2, -0.15) is 0 Å². The zero-order valence-corrected chi connectivity index (χ0v) is 10.5. The maximum Gasteiger partial charge on any atom is 0.291 e. The first-order chi connectivity index (χ1) is 8.69.